The number of fused-ring (bicyclic) bond motifs is 1. The number of ether oxygens (including phenoxy) is 2. The van der Waals surface area contributed by atoms with Crippen molar-refractivity contribution < 1.29 is 14.3 Å². The van der Waals surface area contributed by atoms with Gasteiger partial charge in [0.05, 0.1) is 25.5 Å². The predicted molar refractivity (Wildman–Crippen MR) is 87.2 cm³/mol. The smallest absolute Gasteiger partial charge is 0.343 e. The van der Waals surface area contributed by atoms with Crippen molar-refractivity contribution in [2.24, 2.45) is 0 Å². The zero-order valence-corrected chi connectivity index (χ0v) is 14.2. The maximum absolute atomic E-state index is 12.4. The number of nitrogens with one attached hydrogen (secondary N) is 1. The highest BCUT2D eigenvalue weighted by molar-refractivity contribution is 5.97. The van der Waals surface area contributed by atoms with Crippen molar-refractivity contribution in [2.75, 3.05) is 26.4 Å². The van der Waals surface area contributed by atoms with Crippen LogP contribution in [0.25, 0.3) is 5.65 Å². The van der Waals surface area contributed by atoms with Gasteiger partial charge < -0.3 is 9.47 Å². The van der Waals surface area contributed by atoms with E-state index in [1.807, 2.05) is 0 Å². The topological polar surface area (TPSA) is 88.9 Å². The van der Waals surface area contributed by atoms with Crippen molar-refractivity contribution in [1.82, 2.24) is 19.5 Å². The lowest BCUT2D eigenvalue weighted by Crippen LogP contribution is -2.43. The second-order valence-corrected chi connectivity index (χ2v) is 5.97. The summed E-state index contributed by atoms with van der Waals surface area (Å²) in [6, 6.07) is 1.76. The van der Waals surface area contributed by atoms with Crippen molar-refractivity contribution in [3.63, 3.8) is 0 Å². The van der Waals surface area contributed by atoms with E-state index in [-0.39, 0.29) is 18.2 Å². The number of aromatic amines is 1. The summed E-state index contributed by atoms with van der Waals surface area (Å²) in [6.45, 7) is 8.49. The Bertz CT molecular complexity index is 810. The molecule has 2 aromatic rings. The van der Waals surface area contributed by atoms with Crippen LogP contribution in [0.1, 0.15) is 35.6 Å². The van der Waals surface area contributed by atoms with Gasteiger partial charge in [-0.05, 0) is 20.8 Å². The minimum Gasteiger partial charge on any atom is -0.462 e. The highest BCUT2D eigenvalue weighted by Gasteiger charge is 2.23. The summed E-state index contributed by atoms with van der Waals surface area (Å²) in [6.07, 6.45) is 0. The minimum atomic E-state index is -0.474. The molecule has 1 aliphatic rings. The molecule has 1 atom stereocenters. The maximum atomic E-state index is 12.4. The van der Waals surface area contributed by atoms with Gasteiger partial charge in [-0.1, -0.05) is 0 Å². The van der Waals surface area contributed by atoms with Crippen LogP contribution in [0.15, 0.2) is 10.9 Å². The second kappa shape index (κ2) is 6.74. The van der Waals surface area contributed by atoms with Crippen LogP contribution in [0.5, 0.6) is 0 Å². The molecule has 1 saturated heterocycles. The molecule has 0 unspecified atom stereocenters. The lowest BCUT2D eigenvalue weighted by atomic mass is 10.2. The Hall–Kier alpha value is -2.19. The average molecular weight is 334 g/mol. The molecule has 0 amide bonds. The molecule has 0 saturated carbocycles. The van der Waals surface area contributed by atoms with Crippen LogP contribution in [0.2, 0.25) is 0 Å². The van der Waals surface area contributed by atoms with Crippen molar-refractivity contribution >= 4 is 11.6 Å². The zero-order chi connectivity index (χ0) is 17.3. The number of hydrogen-bond donors (Lipinski definition) is 1. The van der Waals surface area contributed by atoms with E-state index in [0.717, 1.165) is 6.54 Å². The van der Waals surface area contributed by atoms with Crippen LogP contribution in [-0.2, 0) is 16.0 Å². The van der Waals surface area contributed by atoms with Gasteiger partial charge in [-0.3, -0.25) is 14.8 Å². The maximum Gasteiger partial charge on any atom is 0.343 e. The number of morpholine rings is 1. The third kappa shape index (κ3) is 3.07. The molecule has 2 aromatic heterocycles. The Balaban J connectivity index is 2.00. The van der Waals surface area contributed by atoms with Gasteiger partial charge in [-0.15, -0.1) is 0 Å². The SMILES string of the molecule is CCOC(=O)c1c(C)[nH]n2c(=O)cc(CN3CCOC[C@H]3C)nc12. The molecule has 1 N–H and O–H groups in total. The summed E-state index contributed by atoms with van der Waals surface area (Å²) < 4.78 is 11.8. The fourth-order valence-corrected chi connectivity index (χ4v) is 2.93. The Morgan fingerprint density at radius 2 is 2.33 bits per heavy atom. The van der Waals surface area contributed by atoms with Gasteiger partial charge in [0.25, 0.3) is 5.56 Å². The Morgan fingerprint density at radius 1 is 1.54 bits per heavy atom. The molecule has 0 aromatic carbocycles. The van der Waals surface area contributed by atoms with Crippen molar-refractivity contribution in [1.29, 1.82) is 0 Å². The lowest BCUT2D eigenvalue weighted by molar-refractivity contribution is -0.00490. The summed E-state index contributed by atoms with van der Waals surface area (Å²) in [5.74, 6) is -0.474. The molecule has 3 rings (SSSR count). The molecule has 0 spiro atoms. The number of aromatic nitrogens is 3. The molecule has 8 nitrogen and oxygen atoms in total. The van der Waals surface area contributed by atoms with Gasteiger partial charge in [-0.25, -0.2) is 14.3 Å². The highest BCUT2D eigenvalue weighted by Crippen LogP contribution is 2.15. The number of rotatable bonds is 4. The number of carbonyl (C=O) groups excluding carboxylic acids is 1. The summed E-state index contributed by atoms with van der Waals surface area (Å²) in [5.41, 5.74) is 1.59. The van der Waals surface area contributed by atoms with Crippen LogP contribution < -0.4 is 5.56 Å². The van der Waals surface area contributed by atoms with Gasteiger partial charge in [0.1, 0.15) is 5.56 Å². The molecule has 130 valence electrons. The average Bonchev–Trinajstić information content (AvgIpc) is 2.87. The number of carbonyl (C=O) groups is 1. The summed E-state index contributed by atoms with van der Waals surface area (Å²) in [5, 5.41) is 2.88. The van der Waals surface area contributed by atoms with E-state index in [2.05, 4.69) is 21.9 Å². The van der Waals surface area contributed by atoms with Crippen molar-refractivity contribution in [3.05, 3.63) is 33.4 Å². The first-order valence-corrected chi connectivity index (χ1v) is 8.11. The largest absolute Gasteiger partial charge is 0.462 e. The lowest BCUT2D eigenvalue weighted by Gasteiger charge is -2.32. The first kappa shape index (κ1) is 16.7. The standard InChI is InChI=1S/C16H22N4O4/c1-4-24-16(22)14-11(3)18-20-13(21)7-12(17-15(14)20)8-19-5-6-23-9-10(19)2/h7,10,18H,4-6,8-9H2,1-3H3/t10-/m1/s1. The molecule has 8 heteroatoms. The third-order valence-corrected chi connectivity index (χ3v) is 4.20. The summed E-state index contributed by atoms with van der Waals surface area (Å²) in [7, 11) is 0. The number of H-pyrrole nitrogens is 1. The summed E-state index contributed by atoms with van der Waals surface area (Å²) in [4.78, 5) is 31.3. The number of aryl methyl sites for hydroxylation is 1. The van der Waals surface area contributed by atoms with Crippen LogP contribution in [-0.4, -0.2) is 57.9 Å². The number of esters is 1. The van der Waals surface area contributed by atoms with Crippen LogP contribution in [0.4, 0.5) is 0 Å². The fourth-order valence-electron chi connectivity index (χ4n) is 2.93. The molecular formula is C16H22N4O4. The monoisotopic (exact) mass is 334 g/mol. The molecule has 0 radical (unpaired) electrons. The fraction of sp³-hybridized carbons (Fsp3) is 0.562. The first-order chi connectivity index (χ1) is 11.5. The van der Waals surface area contributed by atoms with Crippen LogP contribution in [0.3, 0.4) is 0 Å². The van der Waals surface area contributed by atoms with Gasteiger partial charge in [0.15, 0.2) is 5.65 Å². The first-order valence-electron chi connectivity index (χ1n) is 8.11. The van der Waals surface area contributed by atoms with E-state index >= 15 is 0 Å². The zero-order valence-electron chi connectivity index (χ0n) is 14.2. The Kier molecular flexibility index (Phi) is 4.68. The molecule has 3 heterocycles. The van der Waals surface area contributed by atoms with E-state index in [4.69, 9.17) is 9.47 Å². The number of hydrogen-bond acceptors (Lipinski definition) is 6. The highest BCUT2D eigenvalue weighted by atomic mass is 16.5. The van der Waals surface area contributed by atoms with E-state index in [0.29, 0.717) is 42.4 Å². The quantitative estimate of drug-likeness (QED) is 0.829. The predicted octanol–water partition coefficient (Wildman–Crippen LogP) is 0.728. The van der Waals surface area contributed by atoms with Crippen LogP contribution >= 0.6 is 0 Å². The van der Waals surface area contributed by atoms with Crippen LogP contribution in [0, 0.1) is 6.92 Å². The van der Waals surface area contributed by atoms with Crippen molar-refractivity contribution in [2.45, 2.75) is 33.4 Å². The van der Waals surface area contributed by atoms with Gasteiger partial charge >= 0.3 is 5.97 Å². The molecule has 1 fully saturated rings. The second-order valence-electron chi connectivity index (χ2n) is 5.97. The third-order valence-electron chi connectivity index (χ3n) is 4.20. The van der Waals surface area contributed by atoms with Gasteiger partial charge in [0, 0.05) is 30.9 Å². The Morgan fingerprint density at radius 3 is 3.04 bits per heavy atom. The molecular weight excluding hydrogens is 312 g/mol. The van der Waals surface area contributed by atoms with E-state index in [1.54, 1.807) is 13.8 Å². The minimum absolute atomic E-state index is 0.241. The summed E-state index contributed by atoms with van der Waals surface area (Å²) >= 11 is 0. The van der Waals surface area contributed by atoms with Gasteiger partial charge in [-0.2, -0.15) is 0 Å². The normalized spacial score (nSPS) is 18.9. The molecule has 24 heavy (non-hydrogen) atoms. The van der Waals surface area contributed by atoms with E-state index < -0.39 is 5.97 Å². The molecule has 0 bridgehead atoms. The van der Waals surface area contributed by atoms with E-state index in [9.17, 15) is 9.59 Å². The van der Waals surface area contributed by atoms with Crippen molar-refractivity contribution in [3.8, 4) is 0 Å². The van der Waals surface area contributed by atoms with Gasteiger partial charge in [0.2, 0.25) is 0 Å². The van der Waals surface area contributed by atoms with E-state index in [1.165, 1.54) is 10.6 Å². The molecule has 1 aliphatic heterocycles. The molecule has 0 aliphatic carbocycles. The Labute approximate surface area is 139 Å². The number of nitrogens with zero attached hydrogens (tertiary/aromatic N) is 3.